The molecule has 38 heavy (non-hydrogen) atoms. The minimum Gasteiger partial charge on any atom is -0.456 e. The fraction of sp³-hybridized carbons (Fsp3) is 0.0857. The van der Waals surface area contributed by atoms with Crippen molar-refractivity contribution < 1.29 is 13.9 Å². The van der Waals surface area contributed by atoms with E-state index < -0.39 is 0 Å². The number of rotatable bonds is 3. The molecule has 3 heteroatoms. The molecule has 1 heterocycles. The van der Waals surface area contributed by atoms with Crippen LogP contribution in [0, 0.1) is 5.82 Å². The van der Waals surface area contributed by atoms with E-state index in [1.54, 1.807) is 18.2 Å². The van der Waals surface area contributed by atoms with Crippen LogP contribution in [0.4, 0.5) is 4.39 Å². The largest absolute Gasteiger partial charge is 0.456 e. The summed E-state index contributed by atoms with van der Waals surface area (Å²) >= 11 is 0. The molecule has 0 saturated heterocycles. The van der Waals surface area contributed by atoms with Gasteiger partial charge in [0.05, 0.1) is 0 Å². The highest BCUT2D eigenvalue weighted by Crippen LogP contribution is 2.56. The quantitative estimate of drug-likeness (QED) is 0.243. The molecule has 0 fully saturated rings. The predicted molar refractivity (Wildman–Crippen MR) is 151 cm³/mol. The normalized spacial score (nSPS) is 13.3. The lowest BCUT2D eigenvalue weighted by atomic mass is 9.82. The number of benzene rings is 6. The van der Waals surface area contributed by atoms with Crippen LogP contribution in [0.25, 0.3) is 43.8 Å². The zero-order chi connectivity index (χ0) is 25.2. The first-order valence-corrected chi connectivity index (χ1v) is 13.1. The molecule has 8 rings (SSSR count). The Morgan fingerprint density at radius 2 is 1.32 bits per heavy atom. The predicted octanol–water partition coefficient (Wildman–Crippen LogP) is 9.85. The van der Waals surface area contributed by atoms with E-state index in [1.807, 2.05) is 18.2 Å². The Bertz CT molecular complexity index is 1920. The van der Waals surface area contributed by atoms with E-state index in [-0.39, 0.29) is 11.6 Å². The zero-order valence-electron chi connectivity index (χ0n) is 20.6. The summed E-state index contributed by atoms with van der Waals surface area (Å²) in [4.78, 5) is 0. The number of hydrogen-bond acceptors (Lipinski definition) is 2. The van der Waals surface area contributed by atoms with Crippen molar-refractivity contribution in [2.24, 2.45) is 0 Å². The average molecular weight is 495 g/mol. The fourth-order valence-corrected chi connectivity index (χ4v) is 6.40. The van der Waals surface area contributed by atoms with Crippen LogP contribution in [-0.4, -0.2) is 0 Å². The molecule has 1 aliphatic heterocycles. The van der Waals surface area contributed by atoms with Crippen LogP contribution < -0.4 is 9.47 Å². The standard InChI is InChI=1S/C35H23FO2/c36-27-15-4-6-17-29(27)37-28-16-5-3-11-25(28)32-23-12-7-13-24(23)35-33-22-10-2-1-9-21(22)19-20-31(33)38-30-18-8-14-26(32)34(30)35/h1-6,8-11,14-20H,7,12-13H2. The molecule has 0 radical (unpaired) electrons. The van der Waals surface area contributed by atoms with Crippen molar-refractivity contribution in [2.75, 3.05) is 0 Å². The van der Waals surface area contributed by atoms with Crippen LogP contribution in [0.1, 0.15) is 17.5 Å². The number of fused-ring (bicyclic) bond motifs is 6. The van der Waals surface area contributed by atoms with Crippen molar-refractivity contribution in [2.45, 2.75) is 19.3 Å². The van der Waals surface area contributed by atoms with Crippen molar-refractivity contribution in [1.29, 1.82) is 0 Å². The average Bonchev–Trinajstić information content (AvgIpc) is 3.44. The molecule has 0 atom stereocenters. The molecule has 0 saturated carbocycles. The van der Waals surface area contributed by atoms with Crippen LogP contribution in [-0.2, 0) is 12.8 Å². The lowest BCUT2D eigenvalue weighted by molar-refractivity contribution is 0.443. The Hall–Kier alpha value is -4.63. The van der Waals surface area contributed by atoms with Gasteiger partial charge in [-0.15, -0.1) is 0 Å². The minimum absolute atomic E-state index is 0.225. The molecule has 1 aliphatic carbocycles. The van der Waals surface area contributed by atoms with Gasteiger partial charge in [0.25, 0.3) is 0 Å². The number of para-hydroxylation sites is 2. The molecule has 0 spiro atoms. The Labute approximate surface area is 219 Å². The van der Waals surface area contributed by atoms with Crippen LogP contribution in [0.15, 0.2) is 103 Å². The van der Waals surface area contributed by atoms with Gasteiger partial charge in [0, 0.05) is 22.1 Å². The second-order valence-electron chi connectivity index (χ2n) is 10.0. The van der Waals surface area contributed by atoms with E-state index in [1.165, 1.54) is 39.1 Å². The summed E-state index contributed by atoms with van der Waals surface area (Å²) < 4.78 is 27.3. The Balaban J connectivity index is 1.45. The van der Waals surface area contributed by atoms with Crippen LogP contribution in [0.5, 0.6) is 23.0 Å². The third kappa shape index (κ3) is 3.05. The van der Waals surface area contributed by atoms with Gasteiger partial charge in [0.15, 0.2) is 11.6 Å². The summed E-state index contributed by atoms with van der Waals surface area (Å²) in [5, 5.41) is 4.71. The minimum atomic E-state index is -0.374. The maximum Gasteiger partial charge on any atom is 0.165 e. The lowest BCUT2D eigenvalue weighted by Crippen LogP contribution is -2.04. The molecule has 0 aromatic heterocycles. The summed E-state index contributed by atoms with van der Waals surface area (Å²) in [6.07, 6.45) is 3.10. The molecule has 0 bridgehead atoms. The van der Waals surface area contributed by atoms with E-state index in [4.69, 9.17) is 9.47 Å². The summed E-state index contributed by atoms with van der Waals surface area (Å²) in [7, 11) is 0. The van der Waals surface area contributed by atoms with E-state index in [0.29, 0.717) is 5.75 Å². The second-order valence-corrected chi connectivity index (χ2v) is 10.0. The van der Waals surface area contributed by atoms with E-state index >= 15 is 0 Å². The first-order chi connectivity index (χ1) is 18.8. The lowest BCUT2D eigenvalue weighted by Gasteiger charge is -2.27. The summed E-state index contributed by atoms with van der Waals surface area (Å²) in [6.45, 7) is 0. The number of ether oxygens (including phenoxy) is 2. The molecular formula is C35H23FO2. The van der Waals surface area contributed by atoms with Gasteiger partial charge < -0.3 is 9.47 Å². The van der Waals surface area contributed by atoms with E-state index in [0.717, 1.165) is 52.7 Å². The Kier molecular flexibility index (Phi) is 4.62. The van der Waals surface area contributed by atoms with Crippen molar-refractivity contribution in [3.63, 3.8) is 0 Å². The van der Waals surface area contributed by atoms with Gasteiger partial charge in [0.1, 0.15) is 17.2 Å². The molecule has 0 amide bonds. The second kappa shape index (κ2) is 8.19. The van der Waals surface area contributed by atoms with Crippen molar-refractivity contribution >= 4 is 21.5 Å². The fourth-order valence-electron chi connectivity index (χ4n) is 6.40. The van der Waals surface area contributed by atoms with Gasteiger partial charge in [0.2, 0.25) is 0 Å². The molecule has 0 N–H and O–H groups in total. The van der Waals surface area contributed by atoms with Gasteiger partial charge in [-0.05, 0) is 82.4 Å². The van der Waals surface area contributed by atoms with Crippen molar-refractivity contribution in [3.05, 3.63) is 120 Å². The first-order valence-electron chi connectivity index (χ1n) is 13.1. The molecule has 2 aliphatic rings. The molecular weight excluding hydrogens is 471 g/mol. The highest BCUT2D eigenvalue weighted by atomic mass is 19.1. The van der Waals surface area contributed by atoms with Crippen molar-refractivity contribution in [3.8, 4) is 45.3 Å². The molecule has 2 nitrogen and oxygen atoms in total. The maximum absolute atomic E-state index is 14.6. The summed E-state index contributed by atoms with van der Waals surface area (Å²) in [6, 6.07) is 33.7. The van der Waals surface area contributed by atoms with Gasteiger partial charge >= 0.3 is 0 Å². The van der Waals surface area contributed by atoms with E-state index in [9.17, 15) is 4.39 Å². The molecule has 6 aromatic rings. The Morgan fingerprint density at radius 3 is 2.21 bits per heavy atom. The molecule has 6 aromatic carbocycles. The van der Waals surface area contributed by atoms with Gasteiger partial charge in [-0.3, -0.25) is 0 Å². The molecule has 182 valence electrons. The van der Waals surface area contributed by atoms with Crippen LogP contribution in [0.2, 0.25) is 0 Å². The molecule has 0 unspecified atom stereocenters. The zero-order valence-corrected chi connectivity index (χ0v) is 20.6. The van der Waals surface area contributed by atoms with Crippen molar-refractivity contribution in [1.82, 2.24) is 0 Å². The van der Waals surface area contributed by atoms with Gasteiger partial charge in [-0.1, -0.05) is 72.8 Å². The highest BCUT2D eigenvalue weighted by Gasteiger charge is 2.32. The van der Waals surface area contributed by atoms with Crippen LogP contribution >= 0.6 is 0 Å². The van der Waals surface area contributed by atoms with E-state index in [2.05, 4.69) is 60.7 Å². The number of halogens is 1. The monoisotopic (exact) mass is 494 g/mol. The van der Waals surface area contributed by atoms with Gasteiger partial charge in [-0.25, -0.2) is 4.39 Å². The Morgan fingerprint density at radius 1 is 0.579 bits per heavy atom. The highest BCUT2D eigenvalue weighted by molar-refractivity contribution is 6.17. The number of hydrogen-bond donors (Lipinski definition) is 0. The summed E-state index contributed by atoms with van der Waals surface area (Å²) in [5.74, 6) is 2.29. The summed E-state index contributed by atoms with van der Waals surface area (Å²) in [5.41, 5.74) is 7.38. The smallest absolute Gasteiger partial charge is 0.165 e. The van der Waals surface area contributed by atoms with Crippen LogP contribution in [0.3, 0.4) is 0 Å². The topological polar surface area (TPSA) is 18.5 Å². The third-order valence-electron chi connectivity index (χ3n) is 7.94. The first kappa shape index (κ1) is 21.5. The van der Waals surface area contributed by atoms with Gasteiger partial charge in [-0.2, -0.15) is 0 Å². The SMILES string of the molecule is Fc1ccccc1Oc1ccccc1-c1c2c(c3c4c(cccc14)Oc1ccc4ccccc4c1-3)CCC2. The third-order valence-corrected chi connectivity index (χ3v) is 7.94. The maximum atomic E-state index is 14.6.